The van der Waals surface area contributed by atoms with Crippen LogP contribution in [-0.4, -0.2) is 5.33 Å². The van der Waals surface area contributed by atoms with Gasteiger partial charge in [0.15, 0.2) is 0 Å². The van der Waals surface area contributed by atoms with Crippen LogP contribution < -0.4 is 0 Å². The Morgan fingerprint density at radius 3 is 2.17 bits per heavy atom. The summed E-state index contributed by atoms with van der Waals surface area (Å²) in [5, 5.41) is 1.12. The average Bonchev–Trinajstić information content (AvgIpc) is 3.13. The van der Waals surface area contributed by atoms with Crippen molar-refractivity contribution in [1.82, 2.24) is 0 Å². The first-order valence-electron chi connectivity index (χ1n) is 6.46. The molecule has 0 bridgehead atoms. The van der Waals surface area contributed by atoms with Crippen LogP contribution in [0.25, 0.3) is 11.1 Å². The summed E-state index contributed by atoms with van der Waals surface area (Å²) in [6.45, 7) is 2.37. The molecule has 0 aromatic heterocycles. The van der Waals surface area contributed by atoms with Gasteiger partial charge >= 0.3 is 0 Å². The first-order chi connectivity index (χ1) is 8.74. The molecule has 0 nitrogen and oxygen atoms in total. The van der Waals surface area contributed by atoms with Crippen molar-refractivity contribution in [1.29, 1.82) is 0 Å². The van der Waals surface area contributed by atoms with Gasteiger partial charge in [0.25, 0.3) is 0 Å². The Morgan fingerprint density at radius 1 is 1.00 bits per heavy atom. The van der Waals surface area contributed by atoms with Crippen molar-refractivity contribution in [3.8, 4) is 11.1 Å². The molecule has 1 fully saturated rings. The van der Waals surface area contributed by atoms with E-state index in [2.05, 4.69) is 77.5 Å². The van der Waals surface area contributed by atoms with Gasteiger partial charge in [-0.3, -0.25) is 0 Å². The molecule has 2 atom stereocenters. The van der Waals surface area contributed by atoms with Gasteiger partial charge in [-0.05, 0) is 34.4 Å². The summed E-state index contributed by atoms with van der Waals surface area (Å²) < 4.78 is 0. The monoisotopic (exact) mass is 300 g/mol. The second-order valence-electron chi connectivity index (χ2n) is 5.42. The summed E-state index contributed by atoms with van der Waals surface area (Å²) in [7, 11) is 0. The lowest BCUT2D eigenvalue weighted by Crippen LogP contribution is -2.04. The molecule has 2 unspecified atom stereocenters. The Labute approximate surface area is 117 Å². The molecular formula is C17H17Br. The second-order valence-corrected chi connectivity index (χ2v) is 6.06. The molecule has 0 saturated heterocycles. The highest BCUT2D eigenvalue weighted by Crippen LogP contribution is 2.54. The summed E-state index contributed by atoms with van der Waals surface area (Å²) in [6, 6.07) is 19.7. The predicted molar refractivity (Wildman–Crippen MR) is 81.1 cm³/mol. The van der Waals surface area contributed by atoms with E-state index in [1.807, 2.05) is 0 Å². The predicted octanol–water partition coefficient (Wildman–Crippen LogP) is 5.03. The van der Waals surface area contributed by atoms with E-state index in [1.54, 1.807) is 0 Å². The van der Waals surface area contributed by atoms with Crippen LogP contribution in [0.4, 0.5) is 0 Å². The van der Waals surface area contributed by atoms with Gasteiger partial charge in [0.1, 0.15) is 0 Å². The van der Waals surface area contributed by atoms with Crippen molar-refractivity contribution in [2.75, 3.05) is 5.33 Å². The van der Waals surface area contributed by atoms with Crippen LogP contribution in [0.5, 0.6) is 0 Å². The van der Waals surface area contributed by atoms with Gasteiger partial charge in [0.05, 0.1) is 0 Å². The zero-order valence-electron chi connectivity index (χ0n) is 10.6. The van der Waals surface area contributed by atoms with Crippen LogP contribution in [0.1, 0.15) is 18.9 Å². The van der Waals surface area contributed by atoms with Crippen LogP contribution in [0, 0.1) is 5.92 Å². The summed E-state index contributed by atoms with van der Waals surface area (Å²) in [5.41, 5.74) is 4.48. The molecule has 1 aliphatic carbocycles. The van der Waals surface area contributed by atoms with Crippen molar-refractivity contribution in [3.63, 3.8) is 0 Å². The van der Waals surface area contributed by atoms with Gasteiger partial charge < -0.3 is 0 Å². The van der Waals surface area contributed by atoms with Crippen LogP contribution >= 0.6 is 15.9 Å². The van der Waals surface area contributed by atoms with Crippen molar-refractivity contribution < 1.29 is 0 Å². The minimum absolute atomic E-state index is 0.402. The SMILES string of the molecule is CC1(c2ccc(-c3ccccc3)cc2)CC1CBr. The minimum atomic E-state index is 0.402. The summed E-state index contributed by atoms with van der Waals surface area (Å²) in [6.07, 6.45) is 1.31. The molecule has 0 heterocycles. The minimum Gasteiger partial charge on any atom is -0.0925 e. The maximum atomic E-state index is 3.60. The van der Waals surface area contributed by atoms with E-state index in [0.717, 1.165) is 11.2 Å². The van der Waals surface area contributed by atoms with Crippen molar-refractivity contribution >= 4 is 15.9 Å². The fourth-order valence-corrected chi connectivity index (χ4v) is 3.65. The zero-order chi connectivity index (χ0) is 12.6. The first-order valence-corrected chi connectivity index (χ1v) is 7.58. The molecule has 0 aliphatic heterocycles. The number of hydrogen-bond acceptors (Lipinski definition) is 0. The highest BCUT2D eigenvalue weighted by atomic mass is 79.9. The van der Waals surface area contributed by atoms with Crippen molar-refractivity contribution in [2.24, 2.45) is 5.92 Å². The molecule has 1 aliphatic rings. The Hall–Kier alpha value is -1.08. The lowest BCUT2D eigenvalue weighted by atomic mass is 9.94. The van der Waals surface area contributed by atoms with Gasteiger partial charge in [-0.1, -0.05) is 77.5 Å². The zero-order valence-corrected chi connectivity index (χ0v) is 12.2. The van der Waals surface area contributed by atoms with E-state index < -0.39 is 0 Å². The standard InChI is InChI=1S/C17H17Br/c1-17(11-16(17)12-18)15-9-7-14(8-10-15)13-5-3-2-4-6-13/h2-10,16H,11-12H2,1H3. The Bertz CT molecular complexity index is 529. The van der Waals surface area contributed by atoms with E-state index in [1.165, 1.54) is 23.1 Å². The molecule has 2 aromatic rings. The van der Waals surface area contributed by atoms with Gasteiger partial charge in [0.2, 0.25) is 0 Å². The van der Waals surface area contributed by atoms with Gasteiger partial charge in [-0.2, -0.15) is 0 Å². The number of benzene rings is 2. The lowest BCUT2D eigenvalue weighted by molar-refractivity contribution is 0.710. The molecule has 0 amide bonds. The molecule has 2 aromatic carbocycles. The largest absolute Gasteiger partial charge is 0.0925 e. The maximum Gasteiger partial charge on any atom is 0.00684 e. The molecule has 3 rings (SSSR count). The fraction of sp³-hybridized carbons (Fsp3) is 0.294. The first kappa shape index (κ1) is 12.0. The topological polar surface area (TPSA) is 0 Å². The Balaban J connectivity index is 1.87. The highest BCUT2D eigenvalue weighted by Gasteiger charge is 2.50. The average molecular weight is 301 g/mol. The number of alkyl halides is 1. The summed E-state index contributed by atoms with van der Waals surface area (Å²) in [5.74, 6) is 0.806. The third-order valence-electron chi connectivity index (χ3n) is 4.25. The maximum absolute atomic E-state index is 3.60. The van der Waals surface area contributed by atoms with E-state index in [4.69, 9.17) is 0 Å². The van der Waals surface area contributed by atoms with Crippen LogP contribution in [0.3, 0.4) is 0 Å². The van der Waals surface area contributed by atoms with Gasteiger partial charge in [-0.25, -0.2) is 0 Å². The van der Waals surface area contributed by atoms with Crippen LogP contribution in [0.2, 0.25) is 0 Å². The summed E-state index contributed by atoms with van der Waals surface area (Å²) in [4.78, 5) is 0. The normalized spacial score (nSPS) is 26.0. The van der Waals surface area contributed by atoms with E-state index >= 15 is 0 Å². The molecule has 0 spiro atoms. The van der Waals surface area contributed by atoms with Crippen LogP contribution in [-0.2, 0) is 5.41 Å². The quantitative estimate of drug-likeness (QED) is 0.698. The number of rotatable bonds is 3. The van der Waals surface area contributed by atoms with E-state index in [9.17, 15) is 0 Å². The molecule has 92 valence electrons. The lowest BCUT2D eigenvalue weighted by Gasteiger charge is -2.12. The molecule has 1 saturated carbocycles. The number of halogens is 1. The van der Waals surface area contributed by atoms with Gasteiger partial charge in [0, 0.05) is 5.33 Å². The Kier molecular flexibility index (Phi) is 3.03. The van der Waals surface area contributed by atoms with Crippen molar-refractivity contribution in [2.45, 2.75) is 18.8 Å². The third kappa shape index (κ3) is 2.01. The molecular weight excluding hydrogens is 284 g/mol. The highest BCUT2D eigenvalue weighted by molar-refractivity contribution is 9.09. The molecule has 0 radical (unpaired) electrons. The fourth-order valence-electron chi connectivity index (χ4n) is 2.71. The molecule has 0 N–H and O–H groups in total. The molecule has 1 heteroatoms. The summed E-state index contributed by atoms with van der Waals surface area (Å²) >= 11 is 3.60. The van der Waals surface area contributed by atoms with E-state index in [-0.39, 0.29) is 0 Å². The smallest absolute Gasteiger partial charge is 0.00684 e. The second kappa shape index (κ2) is 4.55. The van der Waals surface area contributed by atoms with Crippen LogP contribution in [0.15, 0.2) is 54.6 Å². The molecule has 18 heavy (non-hydrogen) atoms. The number of hydrogen-bond donors (Lipinski definition) is 0. The third-order valence-corrected chi connectivity index (χ3v) is 5.03. The van der Waals surface area contributed by atoms with Gasteiger partial charge in [-0.15, -0.1) is 0 Å². The van der Waals surface area contributed by atoms with Crippen molar-refractivity contribution in [3.05, 3.63) is 60.2 Å². The Morgan fingerprint density at radius 2 is 1.61 bits per heavy atom. The van der Waals surface area contributed by atoms with E-state index in [0.29, 0.717) is 5.41 Å².